The normalized spacial score (nSPS) is 10.5. The summed E-state index contributed by atoms with van der Waals surface area (Å²) in [6.07, 6.45) is 0.532. The van der Waals surface area contributed by atoms with Gasteiger partial charge in [-0.3, -0.25) is 4.79 Å². The van der Waals surface area contributed by atoms with Gasteiger partial charge in [-0.1, -0.05) is 12.1 Å². The fourth-order valence-corrected chi connectivity index (χ4v) is 1.54. The third kappa shape index (κ3) is 2.96. The third-order valence-electron chi connectivity index (χ3n) is 2.62. The molecule has 6 heteroatoms. The van der Waals surface area contributed by atoms with Crippen molar-refractivity contribution in [2.45, 2.75) is 19.8 Å². The lowest BCUT2D eigenvalue weighted by Gasteiger charge is -2.02. The number of methoxy groups -OCH3 is 1. The van der Waals surface area contributed by atoms with E-state index in [1.165, 1.54) is 25.3 Å². The van der Waals surface area contributed by atoms with Crippen LogP contribution in [0.5, 0.6) is 5.75 Å². The number of hydrogen-bond acceptors (Lipinski definition) is 5. The fraction of sp³-hybridized carbons (Fsp3) is 0.308. The fourth-order valence-electron chi connectivity index (χ4n) is 1.54. The first-order valence-electron chi connectivity index (χ1n) is 5.82. The van der Waals surface area contributed by atoms with Gasteiger partial charge in [0.25, 0.3) is 0 Å². The van der Waals surface area contributed by atoms with Crippen molar-refractivity contribution in [3.8, 4) is 17.1 Å². The van der Waals surface area contributed by atoms with Gasteiger partial charge < -0.3 is 9.26 Å². The van der Waals surface area contributed by atoms with Gasteiger partial charge in [-0.2, -0.15) is 4.98 Å². The molecular formula is C13H13FN2O3. The maximum Gasteiger partial charge on any atom is 0.234 e. The van der Waals surface area contributed by atoms with Gasteiger partial charge in [0.2, 0.25) is 11.7 Å². The largest absolute Gasteiger partial charge is 0.494 e. The van der Waals surface area contributed by atoms with Crippen LogP contribution in [0.4, 0.5) is 4.39 Å². The Morgan fingerprint density at radius 3 is 2.95 bits per heavy atom. The summed E-state index contributed by atoms with van der Waals surface area (Å²) >= 11 is 0. The molecule has 1 aromatic carbocycles. The van der Waals surface area contributed by atoms with Gasteiger partial charge in [0.05, 0.1) is 13.5 Å². The molecule has 2 aromatic rings. The summed E-state index contributed by atoms with van der Waals surface area (Å²) in [6, 6.07) is 4.27. The lowest BCUT2D eigenvalue weighted by atomic mass is 10.2. The minimum absolute atomic E-state index is 0.0203. The van der Waals surface area contributed by atoms with Gasteiger partial charge in [0, 0.05) is 12.0 Å². The molecule has 0 aliphatic heterocycles. The molecule has 0 aliphatic carbocycles. The minimum atomic E-state index is -0.462. The second kappa shape index (κ2) is 5.60. The van der Waals surface area contributed by atoms with Crippen molar-refractivity contribution in [3.63, 3.8) is 0 Å². The molecular weight excluding hydrogens is 251 g/mol. The Balaban J connectivity index is 2.25. The Bertz CT molecular complexity index is 595. The highest BCUT2D eigenvalue weighted by Gasteiger charge is 2.13. The zero-order chi connectivity index (χ0) is 13.8. The lowest BCUT2D eigenvalue weighted by Crippen LogP contribution is -2.00. The molecule has 100 valence electrons. The number of nitrogens with zero attached hydrogens (tertiary/aromatic N) is 2. The predicted molar refractivity (Wildman–Crippen MR) is 65.2 cm³/mol. The molecule has 1 heterocycles. The molecule has 0 spiro atoms. The first kappa shape index (κ1) is 13.2. The van der Waals surface area contributed by atoms with E-state index in [0.717, 1.165) is 0 Å². The predicted octanol–water partition coefficient (Wildman–Crippen LogP) is 2.41. The Morgan fingerprint density at radius 1 is 1.47 bits per heavy atom. The third-order valence-corrected chi connectivity index (χ3v) is 2.62. The van der Waals surface area contributed by atoms with Gasteiger partial charge in [-0.05, 0) is 18.2 Å². The van der Waals surface area contributed by atoms with E-state index in [2.05, 4.69) is 10.1 Å². The van der Waals surface area contributed by atoms with Crippen molar-refractivity contribution >= 4 is 5.78 Å². The highest BCUT2D eigenvalue weighted by atomic mass is 19.1. The molecule has 19 heavy (non-hydrogen) atoms. The average Bonchev–Trinajstić information content (AvgIpc) is 2.87. The van der Waals surface area contributed by atoms with Crippen molar-refractivity contribution in [2.24, 2.45) is 0 Å². The molecule has 1 aromatic heterocycles. The molecule has 0 amide bonds. The van der Waals surface area contributed by atoms with Gasteiger partial charge in [-0.25, -0.2) is 4.39 Å². The number of ketones is 1. The number of carbonyl (C=O) groups excluding carboxylic acids is 1. The number of Topliss-reactive ketones (excluding diaryl/α,β-unsaturated/α-hetero) is 1. The van der Waals surface area contributed by atoms with Crippen LogP contribution >= 0.6 is 0 Å². The van der Waals surface area contributed by atoms with Crippen LogP contribution in [-0.2, 0) is 11.2 Å². The standard InChI is InChI=1S/C13H13FN2O3/c1-3-9(17)7-12-15-13(16-19-12)8-4-5-10(14)11(6-8)18-2/h4-6H,3,7H2,1-2H3. The highest BCUT2D eigenvalue weighted by Crippen LogP contribution is 2.24. The van der Waals surface area contributed by atoms with E-state index < -0.39 is 5.82 Å². The number of benzene rings is 1. The molecule has 2 rings (SSSR count). The SMILES string of the molecule is CCC(=O)Cc1nc(-c2ccc(F)c(OC)c2)no1. The number of aromatic nitrogens is 2. The molecule has 0 saturated heterocycles. The molecule has 5 nitrogen and oxygen atoms in total. The maximum absolute atomic E-state index is 13.3. The second-order valence-corrected chi connectivity index (χ2v) is 3.93. The molecule has 0 aliphatic rings. The van der Waals surface area contributed by atoms with Gasteiger partial charge in [-0.15, -0.1) is 0 Å². The van der Waals surface area contributed by atoms with Crippen LogP contribution in [-0.4, -0.2) is 23.0 Å². The Morgan fingerprint density at radius 2 is 2.26 bits per heavy atom. The molecule has 0 bridgehead atoms. The van der Waals surface area contributed by atoms with Gasteiger partial charge in [0.15, 0.2) is 11.6 Å². The van der Waals surface area contributed by atoms with E-state index in [1.54, 1.807) is 6.92 Å². The molecule has 0 saturated carbocycles. The first-order chi connectivity index (χ1) is 9.13. The molecule has 0 atom stereocenters. The van der Waals surface area contributed by atoms with E-state index in [-0.39, 0.29) is 23.8 Å². The zero-order valence-electron chi connectivity index (χ0n) is 10.6. The van der Waals surface area contributed by atoms with Crippen LogP contribution in [0.15, 0.2) is 22.7 Å². The summed E-state index contributed by atoms with van der Waals surface area (Å²) in [5.74, 6) is 0.221. The summed E-state index contributed by atoms with van der Waals surface area (Å²) in [4.78, 5) is 15.4. The summed E-state index contributed by atoms with van der Waals surface area (Å²) in [5, 5.41) is 3.76. The van der Waals surface area contributed by atoms with Crippen molar-refractivity contribution in [1.29, 1.82) is 0 Å². The van der Waals surface area contributed by atoms with Crippen molar-refractivity contribution in [3.05, 3.63) is 29.9 Å². The topological polar surface area (TPSA) is 65.2 Å². The van der Waals surface area contributed by atoms with Crippen LogP contribution in [0.2, 0.25) is 0 Å². The molecule has 0 radical (unpaired) electrons. The number of ether oxygens (including phenoxy) is 1. The number of halogens is 1. The van der Waals surface area contributed by atoms with Crippen LogP contribution in [0.3, 0.4) is 0 Å². The van der Waals surface area contributed by atoms with E-state index in [1.807, 2.05) is 0 Å². The monoisotopic (exact) mass is 264 g/mol. The Kier molecular flexibility index (Phi) is 3.89. The highest BCUT2D eigenvalue weighted by molar-refractivity contribution is 5.79. The van der Waals surface area contributed by atoms with Crippen molar-refractivity contribution in [2.75, 3.05) is 7.11 Å². The smallest absolute Gasteiger partial charge is 0.234 e. The Labute approximate surface area is 109 Å². The Hall–Kier alpha value is -2.24. The van der Waals surface area contributed by atoms with E-state index in [0.29, 0.717) is 17.8 Å². The summed E-state index contributed by atoms with van der Waals surface area (Å²) in [5.41, 5.74) is 0.567. The van der Waals surface area contributed by atoms with Crippen LogP contribution < -0.4 is 4.74 Å². The van der Waals surface area contributed by atoms with Crippen molar-refractivity contribution < 1.29 is 18.4 Å². The summed E-state index contributed by atoms with van der Waals surface area (Å²) in [6.45, 7) is 1.77. The summed E-state index contributed by atoms with van der Waals surface area (Å²) in [7, 11) is 1.38. The van der Waals surface area contributed by atoms with E-state index in [4.69, 9.17) is 9.26 Å². The number of rotatable bonds is 5. The van der Waals surface area contributed by atoms with Gasteiger partial charge >= 0.3 is 0 Å². The quantitative estimate of drug-likeness (QED) is 0.829. The van der Waals surface area contributed by atoms with E-state index in [9.17, 15) is 9.18 Å². The maximum atomic E-state index is 13.3. The number of carbonyl (C=O) groups is 1. The van der Waals surface area contributed by atoms with Crippen LogP contribution in [0.25, 0.3) is 11.4 Å². The van der Waals surface area contributed by atoms with Crippen LogP contribution in [0, 0.1) is 5.82 Å². The summed E-state index contributed by atoms with van der Waals surface area (Å²) < 4.78 is 23.1. The second-order valence-electron chi connectivity index (χ2n) is 3.93. The van der Waals surface area contributed by atoms with Gasteiger partial charge in [0.1, 0.15) is 5.78 Å². The lowest BCUT2D eigenvalue weighted by molar-refractivity contribution is -0.118. The number of hydrogen-bond donors (Lipinski definition) is 0. The average molecular weight is 264 g/mol. The molecule has 0 fully saturated rings. The zero-order valence-corrected chi connectivity index (χ0v) is 10.6. The molecule has 0 N–H and O–H groups in total. The van der Waals surface area contributed by atoms with Crippen molar-refractivity contribution in [1.82, 2.24) is 10.1 Å². The minimum Gasteiger partial charge on any atom is -0.494 e. The van der Waals surface area contributed by atoms with Crippen LogP contribution in [0.1, 0.15) is 19.2 Å². The first-order valence-corrected chi connectivity index (χ1v) is 5.82. The van der Waals surface area contributed by atoms with E-state index >= 15 is 0 Å². The molecule has 0 unspecified atom stereocenters.